The summed E-state index contributed by atoms with van der Waals surface area (Å²) >= 11 is 0. The van der Waals surface area contributed by atoms with E-state index in [1.807, 2.05) is 6.92 Å². The molecule has 1 atom stereocenters. The quantitative estimate of drug-likeness (QED) is 0.736. The molecule has 0 aliphatic heterocycles. The van der Waals surface area contributed by atoms with Gasteiger partial charge in [0, 0.05) is 12.1 Å². The Labute approximate surface area is 102 Å². The Bertz CT molecular complexity index is 352. The molecule has 17 heavy (non-hydrogen) atoms. The maximum Gasteiger partial charge on any atom is 0.126 e. The van der Waals surface area contributed by atoms with E-state index in [0.717, 1.165) is 25.4 Å². The van der Waals surface area contributed by atoms with Gasteiger partial charge in [-0.2, -0.15) is 0 Å². The summed E-state index contributed by atoms with van der Waals surface area (Å²) in [5, 5.41) is 3.47. The predicted octanol–water partition coefficient (Wildman–Crippen LogP) is 3.13. The van der Waals surface area contributed by atoms with Crippen LogP contribution in [0.4, 0.5) is 4.39 Å². The number of nitrogens with one attached hydrogen (secondary N) is 1. The van der Waals surface area contributed by atoms with E-state index >= 15 is 0 Å². The molecule has 0 saturated heterocycles. The number of hydrogen-bond acceptors (Lipinski definition) is 2. The molecule has 2 nitrogen and oxygen atoms in total. The second kappa shape index (κ2) is 6.01. The zero-order chi connectivity index (χ0) is 12.1. The SMILES string of the molecule is CC(CCCNC1CC1)Oc1cccc(F)c1. The van der Waals surface area contributed by atoms with Crippen LogP contribution in [-0.2, 0) is 0 Å². The Morgan fingerprint density at radius 1 is 1.47 bits per heavy atom. The van der Waals surface area contributed by atoms with Crippen LogP contribution >= 0.6 is 0 Å². The number of ether oxygens (including phenoxy) is 1. The highest BCUT2D eigenvalue weighted by Gasteiger charge is 2.19. The molecule has 1 unspecified atom stereocenters. The molecule has 1 aliphatic rings. The van der Waals surface area contributed by atoms with Gasteiger partial charge in [0.1, 0.15) is 11.6 Å². The largest absolute Gasteiger partial charge is 0.491 e. The Morgan fingerprint density at radius 3 is 3.00 bits per heavy atom. The molecular weight excluding hydrogens is 217 g/mol. The molecule has 1 N–H and O–H groups in total. The van der Waals surface area contributed by atoms with E-state index in [9.17, 15) is 4.39 Å². The lowest BCUT2D eigenvalue weighted by molar-refractivity contribution is 0.206. The fourth-order valence-electron chi connectivity index (χ4n) is 1.81. The van der Waals surface area contributed by atoms with E-state index in [0.29, 0.717) is 5.75 Å². The topological polar surface area (TPSA) is 21.3 Å². The molecule has 94 valence electrons. The third-order valence-corrected chi connectivity index (χ3v) is 2.93. The lowest BCUT2D eigenvalue weighted by atomic mass is 10.2. The van der Waals surface area contributed by atoms with Gasteiger partial charge in [0.2, 0.25) is 0 Å². The van der Waals surface area contributed by atoms with Gasteiger partial charge in [-0.05, 0) is 51.3 Å². The van der Waals surface area contributed by atoms with Crippen molar-refractivity contribution in [2.75, 3.05) is 6.54 Å². The number of benzene rings is 1. The van der Waals surface area contributed by atoms with E-state index in [4.69, 9.17) is 4.74 Å². The maximum atomic E-state index is 12.9. The third kappa shape index (κ3) is 4.73. The van der Waals surface area contributed by atoms with E-state index in [1.54, 1.807) is 12.1 Å². The van der Waals surface area contributed by atoms with Gasteiger partial charge < -0.3 is 10.1 Å². The van der Waals surface area contributed by atoms with E-state index in [1.165, 1.54) is 25.0 Å². The van der Waals surface area contributed by atoms with Gasteiger partial charge in [-0.15, -0.1) is 0 Å². The molecule has 0 aromatic heterocycles. The number of halogens is 1. The molecule has 1 aliphatic carbocycles. The summed E-state index contributed by atoms with van der Waals surface area (Å²) in [6.45, 7) is 3.09. The van der Waals surface area contributed by atoms with Crippen molar-refractivity contribution in [3.8, 4) is 5.75 Å². The highest BCUT2D eigenvalue weighted by Crippen LogP contribution is 2.19. The predicted molar refractivity (Wildman–Crippen MR) is 66.7 cm³/mol. The highest BCUT2D eigenvalue weighted by atomic mass is 19.1. The van der Waals surface area contributed by atoms with Crippen molar-refractivity contribution in [1.82, 2.24) is 5.32 Å². The van der Waals surface area contributed by atoms with Crippen LogP contribution < -0.4 is 10.1 Å². The maximum absolute atomic E-state index is 12.9. The Balaban J connectivity index is 1.63. The van der Waals surface area contributed by atoms with Crippen LogP contribution in [0.2, 0.25) is 0 Å². The minimum absolute atomic E-state index is 0.137. The summed E-state index contributed by atoms with van der Waals surface area (Å²) in [7, 11) is 0. The van der Waals surface area contributed by atoms with Crippen LogP contribution in [0.15, 0.2) is 24.3 Å². The van der Waals surface area contributed by atoms with E-state index in [-0.39, 0.29) is 11.9 Å². The first-order valence-electron chi connectivity index (χ1n) is 6.39. The van der Waals surface area contributed by atoms with Crippen LogP contribution in [0.25, 0.3) is 0 Å². The van der Waals surface area contributed by atoms with Crippen molar-refractivity contribution >= 4 is 0 Å². The Morgan fingerprint density at radius 2 is 2.29 bits per heavy atom. The van der Waals surface area contributed by atoms with Gasteiger partial charge in [-0.25, -0.2) is 4.39 Å². The first-order valence-corrected chi connectivity index (χ1v) is 6.39. The van der Waals surface area contributed by atoms with Gasteiger partial charge >= 0.3 is 0 Å². The molecule has 1 saturated carbocycles. The molecule has 1 aromatic rings. The fraction of sp³-hybridized carbons (Fsp3) is 0.571. The zero-order valence-electron chi connectivity index (χ0n) is 10.3. The van der Waals surface area contributed by atoms with E-state index in [2.05, 4.69) is 5.32 Å². The van der Waals surface area contributed by atoms with Crippen LogP contribution in [0.1, 0.15) is 32.6 Å². The van der Waals surface area contributed by atoms with Crippen LogP contribution in [-0.4, -0.2) is 18.7 Å². The van der Waals surface area contributed by atoms with Crippen molar-refractivity contribution in [1.29, 1.82) is 0 Å². The van der Waals surface area contributed by atoms with E-state index < -0.39 is 0 Å². The summed E-state index contributed by atoms with van der Waals surface area (Å²) < 4.78 is 18.6. The van der Waals surface area contributed by atoms with Crippen LogP contribution in [0, 0.1) is 5.82 Å². The average Bonchev–Trinajstić information content (AvgIpc) is 3.08. The molecule has 0 heterocycles. The number of hydrogen-bond donors (Lipinski definition) is 1. The summed E-state index contributed by atoms with van der Waals surface area (Å²) in [4.78, 5) is 0. The normalized spacial score (nSPS) is 16.8. The van der Waals surface area contributed by atoms with Crippen molar-refractivity contribution in [2.24, 2.45) is 0 Å². The van der Waals surface area contributed by atoms with Crippen molar-refractivity contribution in [3.05, 3.63) is 30.1 Å². The second-order valence-electron chi connectivity index (χ2n) is 4.76. The highest BCUT2D eigenvalue weighted by molar-refractivity contribution is 5.22. The fourth-order valence-corrected chi connectivity index (χ4v) is 1.81. The first-order chi connectivity index (χ1) is 8.24. The molecule has 0 spiro atoms. The summed E-state index contributed by atoms with van der Waals surface area (Å²) in [6.07, 6.45) is 4.89. The monoisotopic (exact) mass is 237 g/mol. The van der Waals surface area contributed by atoms with Gasteiger partial charge in [-0.1, -0.05) is 6.07 Å². The van der Waals surface area contributed by atoms with Crippen LogP contribution in [0.3, 0.4) is 0 Å². The molecule has 0 amide bonds. The minimum atomic E-state index is -0.245. The lowest BCUT2D eigenvalue weighted by Gasteiger charge is -2.14. The molecule has 2 rings (SSSR count). The smallest absolute Gasteiger partial charge is 0.126 e. The average molecular weight is 237 g/mol. The number of rotatable bonds is 7. The third-order valence-electron chi connectivity index (χ3n) is 2.93. The van der Waals surface area contributed by atoms with Crippen molar-refractivity contribution in [2.45, 2.75) is 44.8 Å². The van der Waals surface area contributed by atoms with Gasteiger partial charge in [-0.3, -0.25) is 0 Å². The van der Waals surface area contributed by atoms with Gasteiger partial charge in [0.25, 0.3) is 0 Å². The Kier molecular flexibility index (Phi) is 4.37. The van der Waals surface area contributed by atoms with Crippen molar-refractivity contribution < 1.29 is 9.13 Å². The Hall–Kier alpha value is -1.09. The van der Waals surface area contributed by atoms with Gasteiger partial charge in [0.05, 0.1) is 6.10 Å². The molecule has 0 radical (unpaired) electrons. The standard InChI is InChI=1S/C14H20FNO/c1-11(4-3-9-16-13-7-8-13)17-14-6-2-5-12(15)10-14/h2,5-6,10-11,13,16H,3-4,7-9H2,1H3. The molecule has 0 bridgehead atoms. The van der Waals surface area contributed by atoms with Gasteiger partial charge in [0.15, 0.2) is 0 Å². The molecular formula is C14H20FNO. The minimum Gasteiger partial charge on any atom is -0.491 e. The molecule has 1 fully saturated rings. The molecule has 1 aromatic carbocycles. The van der Waals surface area contributed by atoms with Crippen molar-refractivity contribution in [3.63, 3.8) is 0 Å². The summed E-state index contributed by atoms with van der Waals surface area (Å²) in [5.74, 6) is 0.373. The summed E-state index contributed by atoms with van der Waals surface area (Å²) in [5.41, 5.74) is 0. The molecule has 3 heteroatoms. The lowest BCUT2D eigenvalue weighted by Crippen LogP contribution is -2.20. The second-order valence-corrected chi connectivity index (χ2v) is 4.76. The summed E-state index contributed by atoms with van der Waals surface area (Å²) in [6, 6.07) is 7.10. The first kappa shape index (κ1) is 12.4. The van der Waals surface area contributed by atoms with Crippen LogP contribution in [0.5, 0.6) is 5.75 Å². The zero-order valence-corrected chi connectivity index (χ0v) is 10.3.